The molecule has 0 aliphatic carbocycles. The standard InChI is InChI=1S/C18H23N2O4/c1-2-17-18(24-14-23-17)13-15(1)16(20-7-11-22-12-8-20)3-4-19-5-9-21-10-6-19/h1-4,13H,5-12,14H2/q+1. The molecule has 3 aliphatic rings. The van der Waals surface area contributed by atoms with Gasteiger partial charge >= 0.3 is 0 Å². The molecule has 0 bridgehead atoms. The fraction of sp³-hybridized carbons (Fsp3) is 0.500. The lowest BCUT2D eigenvalue weighted by Crippen LogP contribution is -2.35. The summed E-state index contributed by atoms with van der Waals surface area (Å²) in [5, 5.41) is 0. The summed E-state index contributed by atoms with van der Waals surface area (Å²) in [6.45, 7) is 7.09. The summed E-state index contributed by atoms with van der Waals surface area (Å²) in [6, 6.07) is 6.15. The zero-order chi connectivity index (χ0) is 16.2. The first-order chi connectivity index (χ1) is 11.9. The van der Waals surface area contributed by atoms with Crippen LogP contribution in [0.25, 0.3) is 5.70 Å². The highest BCUT2D eigenvalue weighted by Gasteiger charge is 2.20. The van der Waals surface area contributed by atoms with Crippen LogP contribution in [-0.4, -0.2) is 75.1 Å². The number of hydrogen-bond acceptors (Lipinski definition) is 5. The van der Waals surface area contributed by atoms with Gasteiger partial charge in [0.25, 0.3) is 0 Å². The summed E-state index contributed by atoms with van der Waals surface area (Å²) >= 11 is 0. The molecule has 2 saturated heterocycles. The fourth-order valence-corrected chi connectivity index (χ4v) is 3.15. The molecule has 3 aliphatic heterocycles. The smallest absolute Gasteiger partial charge is 0.231 e. The highest BCUT2D eigenvalue weighted by Crippen LogP contribution is 2.35. The van der Waals surface area contributed by atoms with Crippen molar-refractivity contribution in [1.82, 2.24) is 4.90 Å². The molecule has 0 spiro atoms. The second-order valence-electron chi connectivity index (χ2n) is 6.02. The minimum absolute atomic E-state index is 0.301. The molecule has 2 fully saturated rings. The number of morpholine rings is 2. The summed E-state index contributed by atoms with van der Waals surface area (Å²) in [5.74, 6) is 1.63. The first-order valence-electron chi connectivity index (χ1n) is 8.50. The van der Waals surface area contributed by atoms with Gasteiger partial charge in [-0.3, -0.25) is 0 Å². The number of nitrogens with zero attached hydrogens (tertiary/aromatic N) is 2. The third-order valence-corrected chi connectivity index (χ3v) is 4.51. The molecule has 0 atom stereocenters. The van der Waals surface area contributed by atoms with Crippen LogP contribution in [0.2, 0.25) is 0 Å². The van der Waals surface area contributed by atoms with Gasteiger partial charge in [-0.2, -0.15) is 0 Å². The van der Waals surface area contributed by atoms with Gasteiger partial charge in [-0.25, -0.2) is 4.58 Å². The molecule has 24 heavy (non-hydrogen) atoms. The lowest BCUT2D eigenvalue weighted by atomic mass is 10.1. The van der Waals surface area contributed by atoms with Gasteiger partial charge < -0.3 is 23.8 Å². The molecule has 0 unspecified atom stereocenters. The zero-order valence-electron chi connectivity index (χ0n) is 13.8. The SMILES string of the molecule is C(/C=C(/c1ccc2c(c1)OCO2)N1CCOCC1)=[N+]1CCOCC1. The van der Waals surface area contributed by atoms with Crippen molar-refractivity contribution in [3.63, 3.8) is 0 Å². The predicted octanol–water partition coefficient (Wildman–Crippen LogP) is 1.20. The lowest BCUT2D eigenvalue weighted by Gasteiger charge is -2.31. The third-order valence-electron chi connectivity index (χ3n) is 4.51. The van der Waals surface area contributed by atoms with Crippen LogP contribution in [-0.2, 0) is 9.47 Å². The molecular weight excluding hydrogens is 308 g/mol. The van der Waals surface area contributed by atoms with Gasteiger partial charge in [0.1, 0.15) is 13.2 Å². The Kier molecular flexibility index (Phi) is 4.66. The second-order valence-corrected chi connectivity index (χ2v) is 6.02. The van der Waals surface area contributed by atoms with Gasteiger partial charge in [0.05, 0.1) is 18.9 Å². The van der Waals surface area contributed by atoms with Crippen LogP contribution in [0.3, 0.4) is 0 Å². The van der Waals surface area contributed by atoms with E-state index in [0.29, 0.717) is 6.79 Å². The van der Waals surface area contributed by atoms with Crippen molar-refractivity contribution in [2.75, 3.05) is 59.4 Å². The maximum absolute atomic E-state index is 5.54. The molecule has 0 N–H and O–H groups in total. The van der Waals surface area contributed by atoms with Gasteiger partial charge in [0, 0.05) is 24.7 Å². The summed E-state index contributed by atoms with van der Waals surface area (Å²) < 4.78 is 24.2. The number of hydrogen-bond donors (Lipinski definition) is 0. The first kappa shape index (κ1) is 15.5. The van der Waals surface area contributed by atoms with Crippen LogP contribution in [0, 0.1) is 0 Å². The molecule has 128 valence electrons. The van der Waals surface area contributed by atoms with E-state index in [2.05, 4.69) is 33.9 Å². The topological polar surface area (TPSA) is 43.2 Å². The maximum atomic E-state index is 5.54. The van der Waals surface area contributed by atoms with E-state index in [-0.39, 0.29) is 0 Å². The third kappa shape index (κ3) is 3.39. The highest BCUT2D eigenvalue weighted by molar-refractivity contribution is 5.82. The van der Waals surface area contributed by atoms with Crippen molar-refractivity contribution in [3.05, 3.63) is 29.8 Å². The minimum Gasteiger partial charge on any atom is -0.454 e. The van der Waals surface area contributed by atoms with Gasteiger partial charge in [-0.15, -0.1) is 0 Å². The van der Waals surface area contributed by atoms with Crippen LogP contribution in [0.1, 0.15) is 5.56 Å². The molecule has 3 heterocycles. The van der Waals surface area contributed by atoms with E-state index >= 15 is 0 Å². The molecule has 6 nitrogen and oxygen atoms in total. The van der Waals surface area contributed by atoms with Crippen molar-refractivity contribution < 1.29 is 23.5 Å². The van der Waals surface area contributed by atoms with Crippen LogP contribution in [0.15, 0.2) is 24.3 Å². The van der Waals surface area contributed by atoms with E-state index < -0.39 is 0 Å². The summed E-state index contributed by atoms with van der Waals surface area (Å²) in [6.07, 6.45) is 4.38. The average molecular weight is 331 g/mol. The Hall–Kier alpha value is -2.05. The lowest BCUT2D eigenvalue weighted by molar-refractivity contribution is -0.544. The van der Waals surface area contributed by atoms with E-state index in [4.69, 9.17) is 18.9 Å². The minimum atomic E-state index is 0.301. The van der Waals surface area contributed by atoms with Crippen LogP contribution in [0.4, 0.5) is 0 Å². The number of rotatable bonds is 3. The van der Waals surface area contributed by atoms with E-state index in [1.807, 2.05) is 6.07 Å². The Morgan fingerprint density at radius 1 is 0.958 bits per heavy atom. The molecule has 1 aromatic rings. The van der Waals surface area contributed by atoms with Crippen molar-refractivity contribution in [1.29, 1.82) is 0 Å². The fourth-order valence-electron chi connectivity index (χ4n) is 3.15. The normalized spacial score (nSPS) is 21.1. The van der Waals surface area contributed by atoms with Gasteiger partial charge in [-0.1, -0.05) is 0 Å². The van der Waals surface area contributed by atoms with E-state index in [1.54, 1.807) is 0 Å². The number of ether oxygens (including phenoxy) is 4. The molecule has 0 amide bonds. The van der Waals surface area contributed by atoms with Crippen molar-refractivity contribution in [2.45, 2.75) is 0 Å². The average Bonchev–Trinajstić information content (AvgIpc) is 3.12. The van der Waals surface area contributed by atoms with Crippen LogP contribution < -0.4 is 9.47 Å². The summed E-state index contributed by atoms with van der Waals surface area (Å²) in [4.78, 5) is 2.37. The predicted molar refractivity (Wildman–Crippen MR) is 89.8 cm³/mol. The summed E-state index contributed by atoms with van der Waals surface area (Å²) in [5.41, 5.74) is 2.34. The van der Waals surface area contributed by atoms with E-state index in [9.17, 15) is 0 Å². The Labute approximate surface area is 141 Å². The Morgan fingerprint density at radius 2 is 1.71 bits per heavy atom. The molecular formula is C18H23N2O4+. The van der Waals surface area contributed by atoms with Crippen molar-refractivity contribution in [3.8, 4) is 11.5 Å². The molecule has 1 aromatic carbocycles. The van der Waals surface area contributed by atoms with Crippen LogP contribution >= 0.6 is 0 Å². The second kappa shape index (κ2) is 7.23. The number of fused-ring (bicyclic) bond motifs is 1. The summed E-state index contributed by atoms with van der Waals surface area (Å²) in [7, 11) is 0. The molecule has 0 aromatic heterocycles. The highest BCUT2D eigenvalue weighted by atomic mass is 16.7. The Morgan fingerprint density at radius 3 is 2.54 bits per heavy atom. The van der Waals surface area contributed by atoms with Gasteiger partial charge in [0.15, 0.2) is 30.8 Å². The number of allylic oxidation sites excluding steroid dienone is 1. The van der Waals surface area contributed by atoms with E-state index in [1.165, 1.54) is 5.70 Å². The van der Waals surface area contributed by atoms with E-state index in [0.717, 1.165) is 69.7 Å². The van der Waals surface area contributed by atoms with Gasteiger partial charge in [0.2, 0.25) is 6.79 Å². The number of benzene rings is 1. The monoisotopic (exact) mass is 331 g/mol. The quantitative estimate of drug-likeness (QED) is 0.779. The molecule has 0 saturated carbocycles. The first-order valence-corrected chi connectivity index (χ1v) is 8.50. The van der Waals surface area contributed by atoms with Crippen molar-refractivity contribution >= 4 is 11.9 Å². The zero-order valence-corrected chi connectivity index (χ0v) is 13.8. The maximum Gasteiger partial charge on any atom is 0.231 e. The van der Waals surface area contributed by atoms with Crippen molar-refractivity contribution in [2.24, 2.45) is 0 Å². The largest absolute Gasteiger partial charge is 0.454 e. The molecule has 0 radical (unpaired) electrons. The van der Waals surface area contributed by atoms with Crippen LogP contribution in [0.5, 0.6) is 11.5 Å². The molecule has 6 heteroatoms. The van der Waals surface area contributed by atoms with Gasteiger partial charge in [-0.05, 0) is 18.2 Å². The molecule has 4 rings (SSSR count). The Bertz CT molecular complexity index is 642. The Balaban J connectivity index is 1.64.